The molecule has 1 saturated carbocycles. The van der Waals surface area contributed by atoms with Crippen molar-refractivity contribution in [2.45, 2.75) is 83.8 Å². The van der Waals surface area contributed by atoms with E-state index in [9.17, 15) is 14.4 Å². The number of halogens is 1. The zero-order chi connectivity index (χ0) is 25.1. The Morgan fingerprint density at radius 1 is 1.11 bits per heavy atom. The first-order valence-corrected chi connectivity index (χ1v) is 13.9. The second kappa shape index (κ2) is 11.4. The molecule has 1 aliphatic carbocycles. The van der Waals surface area contributed by atoms with E-state index in [1.807, 2.05) is 31.3 Å². The van der Waals surface area contributed by atoms with Crippen LogP contribution in [-0.2, 0) is 16.1 Å². The van der Waals surface area contributed by atoms with Gasteiger partial charge in [0.25, 0.3) is 0 Å². The number of ketones is 2. The number of hydrogen-bond donors (Lipinski definition) is 1. The summed E-state index contributed by atoms with van der Waals surface area (Å²) in [6, 6.07) is 5.86. The first-order valence-electron chi connectivity index (χ1n) is 13.1. The van der Waals surface area contributed by atoms with Crippen molar-refractivity contribution in [2.75, 3.05) is 13.6 Å². The van der Waals surface area contributed by atoms with E-state index < -0.39 is 0 Å². The summed E-state index contributed by atoms with van der Waals surface area (Å²) in [4.78, 5) is 41.2. The number of Topliss-reactive ketones (excluding diaryl/α,β-unsaturated/α-hetero) is 2. The van der Waals surface area contributed by atoms with Gasteiger partial charge >= 0.3 is 0 Å². The van der Waals surface area contributed by atoms with E-state index in [1.54, 1.807) is 14.0 Å². The summed E-state index contributed by atoms with van der Waals surface area (Å²) in [5.41, 5.74) is 1.73. The summed E-state index contributed by atoms with van der Waals surface area (Å²) in [5, 5.41) is 3.99. The highest BCUT2D eigenvalue weighted by atomic mass is 79.9. The second-order valence-electron chi connectivity index (χ2n) is 10.4. The molecule has 0 radical (unpaired) electrons. The summed E-state index contributed by atoms with van der Waals surface area (Å²) in [7, 11) is 1.80. The van der Waals surface area contributed by atoms with E-state index in [4.69, 9.17) is 0 Å². The van der Waals surface area contributed by atoms with E-state index in [2.05, 4.69) is 30.7 Å². The van der Waals surface area contributed by atoms with Crippen LogP contribution in [0.25, 0.3) is 10.9 Å². The van der Waals surface area contributed by atoms with Crippen molar-refractivity contribution in [1.82, 2.24) is 14.8 Å². The Labute approximate surface area is 216 Å². The quantitative estimate of drug-likeness (QED) is 0.432. The molecule has 35 heavy (non-hydrogen) atoms. The number of aromatic nitrogens is 1. The normalized spacial score (nSPS) is 20.8. The van der Waals surface area contributed by atoms with Crippen LogP contribution in [0, 0.1) is 11.8 Å². The lowest BCUT2D eigenvalue weighted by atomic mass is 9.76. The molecule has 1 aromatic carbocycles. The molecular formula is C28H38BrN3O3. The third-order valence-corrected chi connectivity index (χ3v) is 8.66. The van der Waals surface area contributed by atoms with Gasteiger partial charge in [-0.05, 0) is 70.7 Å². The van der Waals surface area contributed by atoms with Crippen LogP contribution in [-0.4, -0.2) is 52.6 Å². The summed E-state index contributed by atoms with van der Waals surface area (Å²) in [6.07, 6.45) is 9.76. The molecule has 1 saturated heterocycles. The van der Waals surface area contributed by atoms with E-state index in [1.165, 1.54) is 6.42 Å². The molecule has 7 heteroatoms. The first-order chi connectivity index (χ1) is 16.8. The smallest absolute Gasteiger partial charge is 0.226 e. The fourth-order valence-corrected chi connectivity index (χ4v) is 6.36. The van der Waals surface area contributed by atoms with E-state index >= 15 is 0 Å². The monoisotopic (exact) mass is 543 g/mol. The summed E-state index contributed by atoms with van der Waals surface area (Å²) >= 11 is 3.52. The fourth-order valence-electron chi connectivity index (χ4n) is 6.00. The maximum absolute atomic E-state index is 14.0. The van der Waals surface area contributed by atoms with Crippen LogP contribution < -0.4 is 5.32 Å². The van der Waals surface area contributed by atoms with Crippen LogP contribution in [0.1, 0.15) is 75.6 Å². The average Bonchev–Trinajstić information content (AvgIpc) is 3.46. The summed E-state index contributed by atoms with van der Waals surface area (Å²) in [6.45, 7) is 4.89. The van der Waals surface area contributed by atoms with Gasteiger partial charge in [0.05, 0.1) is 6.04 Å². The maximum atomic E-state index is 14.0. The molecule has 3 atom stereocenters. The first kappa shape index (κ1) is 26.1. The van der Waals surface area contributed by atoms with Gasteiger partial charge in [0, 0.05) is 58.6 Å². The van der Waals surface area contributed by atoms with Crippen LogP contribution in [0.3, 0.4) is 0 Å². The number of carbonyl (C=O) groups is 3. The topological polar surface area (TPSA) is 71.4 Å². The minimum absolute atomic E-state index is 0.0423. The number of fused-ring (bicyclic) bond motifs is 1. The number of nitrogens with one attached hydrogen (secondary N) is 1. The van der Waals surface area contributed by atoms with Crippen molar-refractivity contribution in [2.24, 2.45) is 11.8 Å². The number of carbonyl (C=O) groups excluding carboxylic acids is 3. The standard InChI is InChI=1S/C28H38BrN3O3/c1-18(30-3)27(34)15-23(20-8-5-4-6-9-20)28(35)32-13-7-10-22(32)16-31-17-25(19(2)33)24-14-21(29)11-12-26(24)31/h11-12,14,17-18,20,22-23,30H,4-10,13,15-16H2,1-3H3/t18-,22-,23-/m0/s1. The van der Waals surface area contributed by atoms with E-state index in [0.29, 0.717) is 24.4 Å². The minimum atomic E-state index is -0.237. The number of hydrogen-bond acceptors (Lipinski definition) is 4. The molecule has 0 bridgehead atoms. The predicted molar refractivity (Wildman–Crippen MR) is 143 cm³/mol. The molecule has 1 aliphatic heterocycles. The van der Waals surface area contributed by atoms with E-state index in [-0.39, 0.29) is 35.5 Å². The van der Waals surface area contributed by atoms with Gasteiger partial charge < -0.3 is 14.8 Å². The number of amides is 1. The molecule has 0 unspecified atom stereocenters. The van der Waals surface area contributed by atoms with Crippen molar-refractivity contribution in [3.05, 3.63) is 34.4 Å². The van der Waals surface area contributed by atoms with Gasteiger partial charge in [-0.2, -0.15) is 0 Å². The Balaban J connectivity index is 1.58. The molecule has 6 nitrogen and oxygen atoms in total. The Morgan fingerprint density at radius 3 is 2.54 bits per heavy atom. The highest BCUT2D eigenvalue weighted by Crippen LogP contribution is 2.35. The zero-order valence-corrected chi connectivity index (χ0v) is 22.8. The van der Waals surface area contributed by atoms with Crippen LogP contribution in [0.5, 0.6) is 0 Å². The summed E-state index contributed by atoms with van der Waals surface area (Å²) in [5.74, 6) is 0.381. The molecule has 2 heterocycles. The lowest BCUT2D eigenvalue weighted by Gasteiger charge is -2.35. The van der Waals surface area contributed by atoms with Crippen LogP contribution >= 0.6 is 15.9 Å². The third-order valence-electron chi connectivity index (χ3n) is 8.16. The largest absolute Gasteiger partial charge is 0.345 e. The molecule has 1 amide bonds. The van der Waals surface area contributed by atoms with Gasteiger partial charge in [-0.25, -0.2) is 0 Å². The number of rotatable bonds is 9. The molecule has 2 aliphatic rings. The number of likely N-dealkylation sites (tertiary alicyclic amines) is 1. The molecular weight excluding hydrogens is 506 g/mol. The lowest BCUT2D eigenvalue weighted by molar-refractivity contribution is -0.141. The Hall–Kier alpha value is -1.99. The van der Waals surface area contributed by atoms with Crippen molar-refractivity contribution in [3.63, 3.8) is 0 Å². The molecule has 4 rings (SSSR count). The molecule has 2 aromatic rings. The van der Waals surface area contributed by atoms with Crippen molar-refractivity contribution in [3.8, 4) is 0 Å². The molecule has 1 aromatic heterocycles. The van der Waals surface area contributed by atoms with Crippen LogP contribution in [0.2, 0.25) is 0 Å². The molecule has 2 fully saturated rings. The van der Waals surface area contributed by atoms with Crippen LogP contribution in [0.15, 0.2) is 28.9 Å². The van der Waals surface area contributed by atoms with E-state index in [0.717, 1.165) is 60.4 Å². The predicted octanol–water partition coefficient (Wildman–Crippen LogP) is 5.36. The van der Waals surface area contributed by atoms with Crippen molar-refractivity contribution in [1.29, 1.82) is 0 Å². The van der Waals surface area contributed by atoms with Crippen LogP contribution in [0.4, 0.5) is 0 Å². The Bertz CT molecular complexity index is 1090. The van der Waals surface area contributed by atoms with Gasteiger partial charge in [0.2, 0.25) is 5.91 Å². The van der Waals surface area contributed by atoms with Gasteiger partial charge in [-0.3, -0.25) is 14.4 Å². The van der Waals surface area contributed by atoms with Crippen molar-refractivity contribution >= 4 is 44.3 Å². The highest BCUT2D eigenvalue weighted by Gasteiger charge is 2.39. The van der Waals surface area contributed by atoms with Crippen molar-refractivity contribution < 1.29 is 14.4 Å². The number of likely N-dealkylation sites (N-methyl/N-ethyl adjacent to an activating group) is 1. The third kappa shape index (κ3) is 5.72. The summed E-state index contributed by atoms with van der Waals surface area (Å²) < 4.78 is 3.08. The number of benzene rings is 1. The Morgan fingerprint density at radius 2 is 1.86 bits per heavy atom. The maximum Gasteiger partial charge on any atom is 0.226 e. The minimum Gasteiger partial charge on any atom is -0.345 e. The van der Waals surface area contributed by atoms with Gasteiger partial charge in [-0.1, -0.05) is 35.2 Å². The molecule has 0 spiro atoms. The molecule has 190 valence electrons. The molecule has 1 N–H and O–H groups in total. The fraction of sp³-hybridized carbons (Fsp3) is 0.607. The SMILES string of the molecule is CN[C@@H](C)C(=O)C[C@H](C(=O)N1CCC[C@H]1Cn1cc(C(C)=O)c2cc(Br)ccc21)C1CCCCC1. The zero-order valence-electron chi connectivity index (χ0n) is 21.2. The second-order valence-corrected chi connectivity index (χ2v) is 11.3. The lowest BCUT2D eigenvalue weighted by Crippen LogP contribution is -2.45. The van der Waals surface area contributed by atoms with Gasteiger partial charge in [0.1, 0.15) is 5.78 Å². The Kier molecular flexibility index (Phi) is 8.48. The van der Waals surface area contributed by atoms with Gasteiger partial charge in [0.15, 0.2) is 5.78 Å². The number of nitrogens with zero attached hydrogens (tertiary/aromatic N) is 2. The van der Waals surface area contributed by atoms with Gasteiger partial charge in [-0.15, -0.1) is 0 Å². The average molecular weight is 545 g/mol. The highest BCUT2D eigenvalue weighted by molar-refractivity contribution is 9.10.